The lowest BCUT2D eigenvalue weighted by Gasteiger charge is -2.26. The van der Waals surface area contributed by atoms with Crippen LogP contribution in [0.4, 0.5) is 0 Å². The van der Waals surface area contributed by atoms with Crippen LogP contribution < -0.4 is 0 Å². The van der Waals surface area contributed by atoms with Gasteiger partial charge < -0.3 is 0 Å². The number of fused-ring (bicyclic) bond motifs is 4. The van der Waals surface area contributed by atoms with Gasteiger partial charge in [-0.3, -0.25) is 0 Å². The number of allylic oxidation sites excluding steroid dienone is 5. The summed E-state index contributed by atoms with van der Waals surface area (Å²) < 4.78 is 0. The summed E-state index contributed by atoms with van der Waals surface area (Å²) in [6, 6.07) is 40.7. The van der Waals surface area contributed by atoms with Gasteiger partial charge in [0.1, 0.15) is 0 Å². The lowest BCUT2D eigenvalue weighted by Crippen LogP contribution is -2.06. The van der Waals surface area contributed by atoms with E-state index in [1.807, 2.05) is 27.7 Å². The van der Waals surface area contributed by atoms with Gasteiger partial charge in [-0.25, -0.2) is 0 Å². The highest BCUT2D eigenvalue weighted by Gasteiger charge is 2.33. The van der Waals surface area contributed by atoms with E-state index in [9.17, 15) is 0 Å². The molecule has 0 atom stereocenters. The molecule has 6 aromatic carbocycles. The molecule has 0 bridgehead atoms. The first-order chi connectivity index (χ1) is 24.3. The molecular formula is C49H46. The topological polar surface area (TPSA) is 0 Å². The molecule has 0 saturated carbocycles. The zero-order valence-electron chi connectivity index (χ0n) is 29.6. The molecule has 0 N–H and O–H groups in total. The van der Waals surface area contributed by atoms with Crippen LogP contribution >= 0.6 is 0 Å². The number of aryl methyl sites for hydroxylation is 1. The molecule has 0 amide bonds. The normalized spacial score (nSPS) is 13.2. The average molecular weight is 635 g/mol. The van der Waals surface area contributed by atoms with Gasteiger partial charge in [-0.1, -0.05) is 167 Å². The van der Waals surface area contributed by atoms with Gasteiger partial charge in [0.2, 0.25) is 0 Å². The Bertz CT molecular complexity index is 2250. The summed E-state index contributed by atoms with van der Waals surface area (Å²) in [5.41, 5.74) is 20.9. The Labute approximate surface area is 293 Å². The fraction of sp³-hybridized carbons (Fsp3) is 0.184. The summed E-state index contributed by atoms with van der Waals surface area (Å²) in [7, 11) is 0. The maximum atomic E-state index is 2.43. The molecular weight excluding hydrogens is 589 g/mol. The molecule has 242 valence electrons. The van der Waals surface area contributed by atoms with Crippen molar-refractivity contribution in [1.82, 2.24) is 0 Å². The average Bonchev–Trinajstić information content (AvgIpc) is 3.82. The van der Waals surface area contributed by atoms with Crippen molar-refractivity contribution in [2.24, 2.45) is 0 Å². The van der Waals surface area contributed by atoms with Gasteiger partial charge >= 0.3 is 0 Å². The first kappa shape index (κ1) is 32.4. The van der Waals surface area contributed by atoms with Gasteiger partial charge in [0.25, 0.3) is 0 Å². The summed E-state index contributed by atoms with van der Waals surface area (Å²) in [6.45, 7) is 10.2. The van der Waals surface area contributed by atoms with E-state index >= 15 is 0 Å². The minimum Gasteiger partial charge on any atom is -0.0836 e. The Kier molecular flexibility index (Phi) is 9.32. The molecule has 6 aromatic rings. The van der Waals surface area contributed by atoms with E-state index in [2.05, 4.69) is 146 Å². The summed E-state index contributed by atoms with van der Waals surface area (Å²) in [5.74, 6) is 0. The molecule has 9 rings (SSSR count). The molecule has 0 spiro atoms. The van der Waals surface area contributed by atoms with Crippen molar-refractivity contribution in [3.05, 3.63) is 167 Å². The highest BCUT2D eigenvalue weighted by molar-refractivity contribution is 6.22. The Hall–Kier alpha value is -5.20. The van der Waals surface area contributed by atoms with Gasteiger partial charge in [0, 0.05) is 0 Å². The Morgan fingerprint density at radius 2 is 1.24 bits per heavy atom. The van der Waals surface area contributed by atoms with Gasteiger partial charge in [-0.05, 0) is 127 Å². The predicted molar refractivity (Wildman–Crippen MR) is 215 cm³/mol. The zero-order valence-corrected chi connectivity index (χ0v) is 29.6. The van der Waals surface area contributed by atoms with E-state index in [-0.39, 0.29) is 0 Å². The van der Waals surface area contributed by atoms with E-state index in [1.54, 1.807) is 0 Å². The maximum absolute atomic E-state index is 2.43. The predicted octanol–water partition coefficient (Wildman–Crippen LogP) is 14.1. The number of rotatable bonds is 5. The van der Waals surface area contributed by atoms with E-state index in [0.29, 0.717) is 0 Å². The highest BCUT2D eigenvalue weighted by Crippen LogP contribution is 2.57. The van der Waals surface area contributed by atoms with Crippen molar-refractivity contribution >= 4 is 22.4 Å². The van der Waals surface area contributed by atoms with E-state index in [4.69, 9.17) is 0 Å². The lowest BCUT2D eigenvalue weighted by molar-refractivity contribution is 0.981. The summed E-state index contributed by atoms with van der Waals surface area (Å²) >= 11 is 0. The SMILES string of the molecule is CC.CC.Cc1ccccc1-c1ccccc1Cc1ccc2c3c(cccc13)-c1c(C3=CC=CC3)c3c(c(-c4ccccc4)c1-2)C=CCC3. The lowest BCUT2D eigenvalue weighted by atomic mass is 9.77. The van der Waals surface area contributed by atoms with Crippen molar-refractivity contribution in [3.8, 4) is 44.5 Å². The van der Waals surface area contributed by atoms with Crippen LogP contribution in [0, 0.1) is 6.92 Å². The number of hydrogen-bond donors (Lipinski definition) is 0. The largest absolute Gasteiger partial charge is 0.0836 e. The Balaban J connectivity index is 0.000000914. The highest BCUT2D eigenvalue weighted by atomic mass is 14.4. The molecule has 0 nitrogen and oxygen atoms in total. The Morgan fingerprint density at radius 3 is 2.02 bits per heavy atom. The molecule has 0 heteroatoms. The minimum atomic E-state index is 0.897. The number of benzene rings is 6. The molecule has 49 heavy (non-hydrogen) atoms. The van der Waals surface area contributed by atoms with Gasteiger partial charge in [-0.2, -0.15) is 0 Å². The summed E-state index contributed by atoms with van der Waals surface area (Å²) in [5, 5.41) is 2.78. The van der Waals surface area contributed by atoms with Crippen LogP contribution in [0.25, 0.3) is 66.9 Å². The number of hydrogen-bond acceptors (Lipinski definition) is 0. The summed E-state index contributed by atoms with van der Waals surface area (Å²) in [4.78, 5) is 0. The second-order valence-electron chi connectivity index (χ2n) is 12.7. The first-order valence-electron chi connectivity index (χ1n) is 18.3. The first-order valence-corrected chi connectivity index (χ1v) is 18.3. The third-order valence-electron chi connectivity index (χ3n) is 10.1. The molecule has 0 saturated heterocycles. The monoisotopic (exact) mass is 634 g/mol. The molecule has 0 unspecified atom stereocenters. The van der Waals surface area contributed by atoms with Crippen molar-refractivity contribution in [1.29, 1.82) is 0 Å². The second kappa shape index (κ2) is 14.1. The fourth-order valence-electron chi connectivity index (χ4n) is 8.18. The van der Waals surface area contributed by atoms with Crippen molar-refractivity contribution in [2.45, 2.75) is 60.3 Å². The van der Waals surface area contributed by atoms with Crippen molar-refractivity contribution in [3.63, 3.8) is 0 Å². The molecule has 0 heterocycles. The Morgan fingerprint density at radius 1 is 0.551 bits per heavy atom. The van der Waals surface area contributed by atoms with Gasteiger partial charge in [-0.15, -0.1) is 0 Å². The quantitative estimate of drug-likeness (QED) is 0.177. The van der Waals surface area contributed by atoms with Crippen molar-refractivity contribution in [2.75, 3.05) is 0 Å². The third-order valence-corrected chi connectivity index (χ3v) is 10.1. The van der Waals surface area contributed by atoms with E-state index in [1.165, 1.54) is 94.2 Å². The van der Waals surface area contributed by atoms with Crippen LogP contribution in [0.3, 0.4) is 0 Å². The van der Waals surface area contributed by atoms with Crippen molar-refractivity contribution < 1.29 is 0 Å². The van der Waals surface area contributed by atoms with Crippen LogP contribution in [-0.4, -0.2) is 0 Å². The molecule has 3 aliphatic rings. The second-order valence-corrected chi connectivity index (χ2v) is 12.7. The molecule has 0 fully saturated rings. The van der Waals surface area contributed by atoms with Crippen LogP contribution in [-0.2, 0) is 12.8 Å². The smallest absolute Gasteiger partial charge is 0.000776 e. The minimum absolute atomic E-state index is 0.897. The van der Waals surface area contributed by atoms with Crippen LogP contribution in [0.2, 0.25) is 0 Å². The van der Waals surface area contributed by atoms with Gasteiger partial charge in [0.15, 0.2) is 0 Å². The zero-order chi connectivity index (χ0) is 33.9. The molecule has 3 aliphatic carbocycles. The third kappa shape index (κ3) is 5.50. The van der Waals surface area contributed by atoms with Gasteiger partial charge in [0.05, 0.1) is 0 Å². The molecule has 0 aliphatic heterocycles. The van der Waals surface area contributed by atoms with E-state index < -0.39 is 0 Å². The van der Waals surface area contributed by atoms with Crippen LogP contribution in [0.1, 0.15) is 73.9 Å². The van der Waals surface area contributed by atoms with E-state index in [0.717, 1.165) is 25.7 Å². The maximum Gasteiger partial charge on any atom is -0.000776 e. The molecule has 0 aromatic heterocycles. The van der Waals surface area contributed by atoms with Crippen LogP contribution in [0.5, 0.6) is 0 Å². The standard InChI is InChI=1S/C45H34.2C2H6/c1-29-14-5-9-20-34(29)35-21-10-8-19-32(35)28-33-26-27-40-43-36(33)24-13-25-39(43)44-41(31-17-6-7-18-31)37-22-11-12-23-38(37)42(45(40)44)30-15-3-2-4-16-30;2*1-2/h2-10,12-17,19-21,23-27H,11,18,22,28H2,1H3;2*1-2H3. The van der Waals surface area contributed by atoms with Crippen LogP contribution in [0.15, 0.2) is 133 Å². The fourth-order valence-corrected chi connectivity index (χ4v) is 8.18. The summed E-state index contributed by atoms with van der Waals surface area (Å²) in [6.07, 6.45) is 15.8. The molecule has 0 radical (unpaired) electrons.